The van der Waals surface area contributed by atoms with Crippen LogP contribution in [0.4, 0.5) is 0 Å². The van der Waals surface area contributed by atoms with Crippen LogP contribution < -0.4 is 0 Å². The SMILES string of the molecule is O=C(O)C(=O)c1cn2c3c(cccc13)CCC2CO. The highest BCUT2D eigenvalue weighted by Gasteiger charge is 2.27. The number of carbonyl (C=O) groups is 2. The molecule has 5 nitrogen and oxygen atoms in total. The van der Waals surface area contributed by atoms with E-state index < -0.39 is 11.8 Å². The van der Waals surface area contributed by atoms with E-state index in [0.717, 1.165) is 23.9 Å². The predicted molar refractivity (Wildman–Crippen MR) is 68.3 cm³/mol. The zero-order valence-electron chi connectivity index (χ0n) is 10.2. The summed E-state index contributed by atoms with van der Waals surface area (Å²) >= 11 is 0. The number of aliphatic hydroxyl groups excluding tert-OH is 1. The van der Waals surface area contributed by atoms with Crippen molar-refractivity contribution in [2.24, 2.45) is 0 Å². The van der Waals surface area contributed by atoms with Crippen LogP contribution in [0.2, 0.25) is 0 Å². The molecule has 1 aromatic heterocycles. The molecule has 2 heterocycles. The van der Waals surface area contributed by atoms with E-state index in [2.05, 4.69) is 0 Å². The molecule has 1 aliphatic heterocycles. The number of rotatable bonds is 3. The number of aromatic nitrogens is 1. The Kier molecular flexibility index (Phi) is 2.64. The predicted octanol–water partition coefficient (Wildman–Crippen LogP) is 1.39. The largest absolute Gasteiger partial charge is 0.475 e. The molecule has 0 saturated heterocycles. The molecule has 5 heteroatoms. The lowest BCUT2D eigenvalue weighted by molar-refractivity contribution is -0.131. The Balaban J connectivity index is 2.30. The van der Waals surface area contributed by atoms with E-state index in [1.807, 2.05) is 16.7 Å². The minimum Gasteiger partial charge on any atom is -0.475 e. The third-order valence-electron chi connectivity index (χ3n) is 3.73. The van der Waals surface area contributed by atoms with Gasteiger partial charge in [-0.3, -0.25) is 4.79 Å². The number of carbonyl (C=O) groups excluding carboxylic acids is 1. The molecule has 0 radical (unpaired) electrons. The first-order valence-corrected chi connectivity index (χ1v) is 6.14. The van der Waals surface area contributed by atoms with Crippen molar-refractivity contribution in [2.75, 3.05) is 6.61 Å². The van der Waals surface area contributed by atoms with Crippen molar-refractivity contribution in [3.05, 3.63) is 35.5 Å². The van der Waals surface area contributed by atoms with Gasteiger partial charge in [-0.2, -0.15) is 0 Å². The lowest BCUT2D eigenvalue weighted by Crippen LogP contribution is -2.18. The fourth-order valence-corrected chi connectivity index (χ4v) is 2.81. The van der Waals surface area contributed by atoms with Crippen LogP contribution in [0.15, 0.2) is 24.4 Å². The van der Waals surface area contributed by atoms with Crippen LogP contribution in [0.1, 0.15) is 28.4 Å². The number of Topliss-reactive ketones (excluding diaryl/α,β-unsaturated/α-hetero) is 1. The lowest BCUT2D eigenvalue weighted by atomic mass is 9.98. The van der Waals surface area contributed by atoms with Crippen LogP contribution in [-0.2, 0) is 11.2 Å². The van der Waals surface area contributed by atoms with Gasteiger partial charge in [0.05, 0.1) is 23.7 Å². The molecule has 2 N–H and O–H groups in total. The Morgan fingerprint density at radius 3 is 2.84 bits per heavy atom. The maximum atomic E-state index is 11.7. The van der Waals surface area contributed by atoms with Crippen molar-refractivity contribution < 1.29 is 19.8 Å². The Morgan fingerprint density at radius 1 is 1.37 bits per heavy atom. The Hall–Kier alpha value is -2.14. The summed E-state index contributed by atoms with van der Waals surface area (Å²) in [5.74, 6) is -2.36. The van der Waals surface area contributed by atoms with E-state index in [4.69, 9.17) is 5.11 Å². The zero-order chi connectivity index (χ0) is 13.6. The molecule has 1 atom stereocenters. The van der Waals surface area contributed by atoms with Gasteiger partial charge in [0, 0.05) is 11.6 Å². The maximum absolute atomic E-state index is 11.7. The number of carboxylic acid groups (broad SMARTS) is 1. The molecule has 2 aromatic rings. The molecule has 98 valence electrons. The van der Waals surface area contributed by atoms with Crippen LogP contribution in [0.3, 0.4) is 0 Å². The summed E-state index contributed by atoms with van der Waals surface area (Å²) in [4.78, 5) is 22.6. The van der Waals surface area contributed by atoms with E-state index in [9.17, 15) is 14.7 Å². The minimum absolute atomic E-state index is 0.0151. The Bertz CT molecular complexity index is 686. The zero-order valence-corrected chi connectivity index (χ0v) is 10.2. The summed E-state index contributed by atoms with van der Waals surface area (Å²) < 4.78 is 1.84. The number of para-hydroxylation sites is 1. The summed E-state index contributed by atoms with van der Waals surface area (Å²) in [7, 11) is 0. The summed E-state index contributed by atoms with van der Waals surface area (Å²) in [5.41, 5.74) is 2.16. The maximum Gasteiger partial charge on any atom is 0.377 e. The highest BCUT2D eigenvalue weighted by molar-refractivity contribution is 6.42. The molecule has 1 aliphatic rings. The molecule has 1 unspecified atom stereocenters. The number of carboxylic acids is 1. The number of hydrogen-bond acceptors (Lipinski definition) is 3. The quantitative estimate of drug-likeness (QED) is 0.644. The highest BCUT2D eigenvalue weighted by atomic mass is 16.4. The van der Waals surface area contributed by atoms with Gasteiger partial charge in [-0.1, -0.05) is 18.2 Å². The summed E-state index contributed by atoms with van der Waals surface area (Å²) in [6.45, 7) is -0.0151. The summed E-state index contributed by atoms with van der Waals surface area (Å²) in [6, 6.07) is 5.47. The fraction of sp³-hybridized carbons (Fsp3) is 0.286. The topological polar surface area (TPSA) is 79.5 Å². The first-order chi connectivity index (χ1) is 9.13. The molecule has 0 spiro atoms. The van der Waals surface area contributed by atoms with Crippen LogP contribution in [0, 0.1) is 0 Å². The van der Waals surface area contributed by atoms with E-state index in [-0.39, 0.29) is 18.2 Å². The molecule has 0 aliphatic carbocycles. The first-order valence-electron chi connectivity index (χ1n) is 6.14. The minimum atomic E-state index is -1.45. The standard InChI is InChI=1S/C14H13NO4/c16-7-9-5-4-8-2-1-3-10-11(13(17)14(18)19)6-15(9)12(8)10/h1-3,6,9,16H,4-5,7H2,(H,18,19). The number of aliphatic carboxylic acids is 1. The highest BCUT2D eigenvalue weighted by Crippen LogP contribution is 2.34. The molecule has 3 rings (SSSR count). The number of hydrogen-bond donors (Lipinski definition) is 2. The van der Waals surface area contributed by atoms with E-state index in [1.165, 1.54) is 0 Å². The van der Waals surface area contributed by atoms with Gasteiger partial charge in [-0.25, -0.2) is 4.79 Å². The second-order valence-electron chi connectivity index (χ2n) is 4.77. The molecule has 0 saturated carbocycles. The van der Waals surface area contributed by atoms with E-state index in [0.29, 0.717) is 5.39 Å². The van der Waals surface area contributed by atoms with Crippen LogP contribution in [0.5, 0.6) is 0 Å². The molecule has 0 fully saturated rings. The number of aliphatic hydroxyl groups is 1. The van der Waals surface area contributed by atoms with Crippen molar-refractivity contribution in [3.63, 3.8) is 0 Å². The molecule has 19 heavy (non-hydrogen) atoms. The van der Waals surface area contributed by atoms with Gasteiger partial charge in [0.15, 0.2) is 0 Å². The van der Waals surface area contributed by atoms with Crippen molar-refractivity contribution in [3.8, 4) is 0 Å². The second kappa shape index (κ2) is 4.20. The number of nitrogens with zero attached hydrogens (tertiary/aromatic N) is 1. The third-order valence-corrected chi connectivity index (χ3v) is 3.73. The monoisotopic (exact) mass is 259 g/mol. The van der Waals surface area contributed by atoms with Gasteiger partial charge < -0.3 is 14.8 Å². The van der Waals surface area contributed by atoms with E-state index >= 15 is 0 Å². The van der Waals surface area contributed by atoms with Gasteiger partial charge in [0.1, 0.15) is 0 Å². The van der Waals surface area contributed by atoms with Gasteiger partial charge >= 0.3 is 5.97 Å². The van der Waals surface area contributed by atoms with E-state index in [1.54, 1.807) is 12.3 Å². The van der Waals surface area contributed by atoms with Gasteiger partial charge in [-0.15, -0.1) is 0 Å². The van der Waals surface area contributed by atoms with Gasteiger partial charge in [0.25, 0.3) is 5.78 Å². The lowest BCUT2D eigenvalue weighted by Gasteiger charge is -2.24. The van der Waals surface area contributed by atoms with Crippen molar-refractivity contribution in [1.82, 2.24) is 4.57 Å². The van der Waals surface area contributed by atoms with Crippen LogP contribution >= 0.6 is 0 Å². The second-order valence-corrected chi connectivity index (χ2v) is 4.77. The first kappa shape index (κ1) is 11.9. The van der Waals surface area contributed by atoms with Crippen LogP contribution in [0.25, 0.3) is 10.9 Å². The van der Waals surface area contributed by atoms with Crippen molar-refractivity contribution in [2.45, 2.75) is 18.9 Å². The van der Waals surface area contributed by atoms with Crippen molar-refractivity contribution >= 4 is 22.7 Å². The number of ketones is 1. The van der Waals surface area contributed by atoms with Gasteiger partial charge in [-0.05, 0) is 18.4 Å². The average Bonchev–Trinajstić information content (AvgIpc) is 2.80. The fourth-order valence-electron chi connectivity index (χ4n) is 2.81. The Labute approximate surface area is 109 Å². The third kappa shape index (κ3) is 1.66. The van der Waals surface area contributed by atoms with Crippen LogP contribution in [-0.4, -0.2) is 33.1 Å². The molecule has 0 bridgehead atoms. The molecular weight excluding hydrogens is 246 g/mol. The molecule has 0 amide bonds. The normalized spacial score (nSPS) is 17.6. The molecular formula is C14H13NO4. The van der Waals surface area contributed by atoms with Crippen molar-refractivity contribution in [1.29, 1.82) is 0 Å². The number of aryl methyl sites for hydroxylation is 1. The Morgan fingerprint density at radius 2 is 2.16 bits per heavy atom. The smallest absolute Gasteiger partial charge is 0.377 e. The number of benzene rings is 1. The van der Waals surface area contributed by atoms with Gasteiger partial charge in [0.2, 0.25) is 0 Å². The molecule has 1 aromatic carbocycles. The summed E-state index contributed by atoms with van der Waals surface area (Å²) in [6.07, 6.45) is 3.18. The average molecular weight is 259 g/mol. The summed E-state index contributed by atoms with van der Waals surface area (Å²) in [5, 5.41) is 18.9.